The van der Waals surface area contributed by atoms with Crippen LogP contribution in [0, 0.1) is 12.7 Å². The molecule has 3 rings (SSSR count). The van der Waals surface area contributed by atoms with Crippen LogP contribution in [0.15, 0.2) is 60.7 Å². The van der Waals surface area contributed by atoms with Crippen LogP contribution in [-0.2, 0) is 0 Å². The summed E-state index contributed by atoms with van der Waals surface area (Å²) in [6.45, 7) is 2.61. The number of rotatable bonds is 7. The Bertz CT molecular complexity index is 986. The Morgan fingerprint density at radius 1 is 1.00 bits per heavy atom. The third kappa shape index (κ3) is 4.81. The quantitative estimate of drug-likeness (QED) is 0.320. The molecular formula is C22H18FIO4. The number of carbonyl (C=O) groups is 1. The molecule has 3 aromatic carbocycles. The molecule has 0 atom stereocenters. The highest BCUT2D eigenvalue weighted by Gasteiger charge is 2.14. The number of carboxylic acids is 1. The molecular weight excluding hydrogens is 474 g/mol. The molecule has 6 heteroatoms. The van der Waals surface area contributed by atoms with Gasteiger partial charge in [0.05, 0.1) is 6.61 Å². The van der Waals surface area contributed by atoms with E-state index in [0.29, 0.717) is 12.4 Å². The minimum atomic E-state index is -1.10. The standard InChI is InChI=1S/C22H18FIO4/c1-14-12-15(3-9-20(14)27-11-10-24)16-2-8-19(22(25)26)21(13-16)28-18-6-4-17(23)5-7-18/h2-9,12-13H,10-11H2,1H3,(H,25,26). The highest BCUT2D eigenvalue weighted by molar-refractivity contribution is 14.1. The summed E-state index contributed by atoms with van der Waals surface area (Å²) in [6.07, 6.45) is 0. The molecule has 0 spiro atoms. The maximum atomic E-state index is 13.1. The Hall–Kier alpha value is -2.61. The monoisotopic (exact) mass is 492 g/mol. The van der Waals surface area contributed by atoms with Gasteiger partial charge in [-0.25, -0.2) is 9.18 Å². The lowest BCUT2D eigenvalue weighted by Gasteiger charge is -2.13. The van der Waals surface area contributed by atoms with E-state index in [2.05, 4.69) is 22.6 Å². The van der Waals surface area contributed by atoms with Crippen LogP contribution in [0.5, 0.6) is 17.2 Å². The van der Waals surface area contributed by atoms with E-state index in [1.54, 1.807) is 12.1 Å². The first kappa shape index (κ1) is 20.1. The van der Waals surface area contributed by atoms with Gasteiger partial charge in [0.1, 0.15) is 28.6 Å². The smallest absolute Gasteiger partial charge is 0.339 e. The predicted octanol–water partition coefficient (Wildman–Crippen LogP) is 6.11. The van der Waals surface area contributed by atoms with Gasteiger partial charge in [0.2, 0.25) is 0 Å². The molecule has 0 heterocycles. The van der Waals surface area contributed by atoms with Crippen LogP contribution < -0.4 is 9.47 Å². The summed E-state index contributed by atoms with van der Waals surface area (Å²) in [5, 5.41) is 9.46. The molecule has 28 heavy (non-hydrogen) atoms. The van der Waals surface area contributed by atoms with Gasteiger partial charge >= 0.3 is 5.97 Å². The van der Waals surface area contributed by atoms with Gasteiger partial charge in [-0.05, 0) is 72.1 Å². The molecule has 0 saturated heterocycles. The first-order chi connectivity index (χ1) is 13.5. The lowest BCUT2D eigenvalue weighted by molar-refractivity contribution is 0.0694. The molecule has 0 aromatic heterocycles. The van der Waals surface area contributed by atoms with Crippen molar-refractivity contribution in [2.75, 3.05) is 11.0 Å². The molecule has 0 aliphatic heterocycles. The Kier molecular flexibility index (Phi) is 6.51. The van der Waals surface area contributed by atoms with Crippen molar-refractivity contribution in [2.24, 2.45) is 0 Å². The number of halogens is 2. The van der Waals surface area contributed by atoms with Gasteiger partial charge in [-0.1, -0.05) is 34.7 Å². The molecule has 0 amide bonds. The summed E-state index contributed by atoms with van der Waals surface area (Å²) in [5.74, 6) is -0.105. The predicted molar refractivity (Wildman–Crippen MR) is 114 cm³/mol. The zero-order valence-corrected chi connectivity index (χ0v) is 17.3. The Balaban J connectivity index is 1.95. The van der Waals surface area contributed by atoms with Crippen LogP contribution in [0.2, 0.25) is 0 Å². The van der Waals surface area contributed by atoms with Gasteiger partial charge < -0.3 is 14.6 Å². The van der Waals surface area contributed by atoms with E-state index in [1.807, 2.05) is 25.1 Å². The van der Waals surface area contributed by atoms with Crippen molar-refractivity contribution in [1.29, 1.82) is 0 Å². The van der Waals surface area contributed by atoms with E-state index >= 15 is 0 Å². The average Bonchev–Trinajstić information content (AvgIpc) is 2.68. The van der Waals surface area contributed by atoms with E-state index in [9.17, 15) is 14.3 Å². The lowest BCUT2D eigenvalue weighted by atomic mass is 10.0. The van der Waals surface area contributed by atoms with Gasteiger partial charge in [0, 0.05) is 4.43 Å². The van der Waals surface area contributed by atoms with E-state index < -0.39 is 5.97 Å². The summed E-state index contributed by atoms with van der Waals surface area (Å²) >= 11 is 2.26. The normalized spacial score (nSPS) is 10.5. The molecule has 0 fully saturated rings. The van der Waals surface area contributed by atoms with Crippen molar-refractivity contribution in [1.82, 2.24) is 0 Å². The van der Waals surface area contributed by atoms with Crippen molar-refractivity contribution in [3.63, 3.8) is 0 Å². The van der Waals surface area contributed by atoms with Gasteiger partial charge in [-0.15, -0.1) is 0 Å². The molecule has 0 saturated carbocycles. The topological polar surface area (TPSA) is 55.8 Å². The first-order valence-electron chi connectivity index (χ1n) is 8.58. The third-order valence-corrected chi connectivity index (χ3v) is 4.54. The molecule has 0 aliphatic rings. The fraction of sp³-hybridized carbons (Fsp3) is 0.136. The summed E-state index contributed by atoms with van der Waals surface area (Å²) in [7, 11) is 0. The highest BCUT2D eigenvalue weighted by atomic mass is 127. The Labute approximate surface area is 176 Å². The third-order valence-electron chi connectivity index (χ3n) is 4.10. The summed E-state index contributed by atoms with van der Waals surface area (Å²) in [5.41, 5.74) is 2.75. The summed E-state index contributed by atoms with van der Waals surface area (Å²) < 4.78 is 25.4. The summed E-state index contributed by atoms with van der Waals surface area (Å²) in [6, 6.07) is 16.2. The van der Waals surface area contributed by atoms with Crippen molar-refractivity contribution < 1.29 is 23.8 Å². The van der Waals surface area contributed by atoms with E-state index in [1.165, 1.54) is 30.3 Å². The van der Waals surface area contributed by atoms with Crippen LogP contribution in [0.3, 0.4) is 0 Å². The van der Waals surface area contributed by atoms with Crippen molar-refractivity contribution in [2.45, 2.75) is 6.92 Å². The molecule has 1 N–H and O–H groups in total. The maximum Gasteiger partial charge on any atom is 0.339 e. The number of hydrogen-bond acceptors (Lipinski definition) is 3. The van der Waals surface area contributed by atoms with Crippen molar-refractivity contribution in [3.05, 3.63) is 77.6 Å². The molecule has 0 unspecified atom stereocenters. The van der Waals surface area contributed by atoms with E-state index in [0.717, 1.165) is 26.9 Å². The molecule has 0 aliphatic carbocycles. The minimum Gasteiger partial charge on any atom is -0.493 e. The number of benzene rings is 3. The van der Waals surface area contributed by atoms with Crippen LogP contribution in [0.1, 0.15) is 15.9 Å². The second kappa shape index (κ2) is 9.05. The number of hydrogen-bond donors (Lipinski definition) is 1. The van der Waals surface area contributed by atoms with Crippen LogP contribution in [-0.4, -0.2) is 22.1 Å². The first-order valence-corrected chi connectivity index (χ1v) is 10.1. The Morgan fingerprint density at radius 3 is 2.32 bits per heavy atom. The minimum absolute atomic E-state index is 0.0341. The molecule has 3 aromatic rings. The van der Waals surface area contributed by atoms with Crippen molar-refractivity contribution in [3.8, 4) is 28.4 Å². The fourth-order valence-corrected chi connectivity index (χ4v) is 2.95. The van der Waals surface area contributed by atoms with Crippen LogP contribution >= 0.6 is 22.6 Å². The van der Waals surface area contributed by atoms with Crippen molar-refractivity contribution >= 4 is 28.6 Å². The van der Waals surface area contributed by atoms with Gasteiger partial charge in [0.15, 0.2) is 0 Å². The van der Waals surface area contributed by atoms with Crippen LogP contribution in [0.25, 0.3) is 11.1 Å². The summed E-state index contributed by atoms with van der Waals surface area (Å²) in [4.78, 5) is 11.6. The number of alkyl halides is 1. The van der Waals surface area contributed by atoms with E-state index in [4.69, 9.17) is 9.47 Å². The fourth-order valence-electron chi connectivity index (χ4n) is 2.73. The SMILES string of the molecule is Cc1cc(-c2ccc(C(=O)O)c(Oc3ccc(F)cc3)c2)ccc1OCCI. The second-order valence-electron chi connectivity index (χ2n) is 6.09. The number of aryl methyl sites for hydroxylation is 1. The molecule has 4 nitrogen and oxygen atoms in total. The van der Waals surface area contributed by atoms with Gasteiger partial charge in [-0.3, -0.25) is 0 Å². The zero-order valence-electron chi connectivity index (χ0n) is 15.1. The Morgan fingerprint density at radius 2 is 1.68 bits per heavy atom. The second-order valence-corrected chi connectivity index (χ2v) is 7.17. The molecule has 0 radical (unpaired) electrons. The van der Waals surface area contributed by atoms with Crippen LogP contribution in [0.4, 0.5) is 4.39 Å². The number of aromatic carboxylic acids is 1. The maximum absolute atomic E-state index is 13.1. The lowest BCUT2D eigenvalue weighted by Crippen LogP contribution is -2.01. The number of ether oxygens (including phenoxy) is 2. The van der Waals surface area contributed by atoms with E-state index in [-0.39, 0.29) is 17.1 Å². The highest BCUT2D eigenvalue weighted by Crippen LogP contribution is 2.33. The average molecular weight is 492 g/mol. The molecule has 0 bridgehead atoms. The van der Waals surface area contributed by atoms with Gasteiger partial charge in [0.25, 0.3) is 0 Å². The largest absolute Gasteiger partial charge is 0.493 e. The molecule has 144 valence electrons. The number of carboxylic acid groups (broad SMARTS) is 1. The van der Waals surface area contributed by atoms with Gasteiger partial charge in [-0.2, -0.15) is 0 Å². The zero-order chi connectivity index (χ0) is 20.1.